The minimum absolute atomic E-state index is 0.760. The van der Waals surface area contributed by atoms with Crippen LogP contribution < -0.4 is 0 Å². The Morgan fingerprint density at radius 1 is 1.24 bits per heavy atom. The molecule has 0 aliphatic heterocycles. The molecular weight excluding hydrogens is 212 g/mol. The van der Waals surface area contributed by atoms with Gasteiger partial charge in [0.2, 0.25) is 0 Å². The van der Waals surface area contributed by atoms with Crippen LogP contribution >= 0.6 is 0 Å². The molecule has 17 heavy (non-hydrogen) atoms. The van der Waals surface area contributed by atoms with Crippen molar-refractivity contribution in [2.75, 3.05) is 0 Å². The average Bonchev–Trinajstić information content (AvgIpc) is 2.85. The number of aromatic nitrogens is 4. The topological polar surface area (TPSA) is 35.6 Å². The first-order valence-electron chi connectivity index (χ1n) is 5.63. The number of rotatable bonds is 2. The lowest BCUT2D eigenvalue weighted by Gasteiger charge is -2.07. The predicted molar refractivity (Wildman–Crippen MR) is 66.8 cm³/mol. The van der Waals surface area contributed by atoms with Crippen LogP contribution in [0.3, 0.4) is 0 Å². The molecule has 0 aliphatic rings. The van der Waals surface area contributed by atoms with Crippen molar-refractivity contribution in [1.29, 1.82) is 0 Å². The Bertz CT molecular complexity index is 663. The Balaban J connectivity index is 2.11. The third-order valence-corrected chi connectivity index (χ3v) is 3.12. The molecule has 2 aromatic heterocycles. The summed E-state index contributed by atoms with van der Waals surface area (Å²) in [5, 5.41) is 5.37. The van der Waals surface area contributed by atoms with Gasteiger partial charge in [0, 0.05) is 18.3 Å². The highest BCUT2D eigenvalue weighted by molar-refractivity contribution is 5.81. The van der Waals surface area contributed by atoms with Crippen LogP contribution in [0.1, 0.15) is 11.5 Å². The molecule has 0 radical (unpaired) electrons. The summed E-state index contributed by atoms with van der Waals surface area (Å²) in [6.07, 6.45) is 1.59. The number of hydrogen-bond donors (Lipinski definition) is 0. The molecule has 3 rings (SSSR count). The van der Waals surface area contributed by atoms with Gasteiger partial charge in [-0.15, -0.1) is 0 Å². The van der Waals surface area contributed by atoms with E-state index in [0.29, 0.717) is 0 Å². The quantitative estimate of drug-likeness (QED) is 0.671. The molecule has 0 spiro atoms. The molecule has 0 N–H and O–H groups in total. The molecule has 3 aromatic rings. The van der Waals surface area contributed by atoms with Crippen LogP contribution in [-0.2, 0) is 13.6 Å². The highest BCUT2D eigenvalue weighted by Crippen LogP contribution is 2.19. The predicted octanol–water partition coefficient (Wildman–Crippen LogP) is 2.13. The lowest BCUT2D eigenvalue weighted by Crippen LogP contribution is -2.07. The Morgan fingerprint density at radius 2 is 2.06 bits per heavy atom. The van der Waals surface area contributed by atoms with Crippen molar-refractivity contribution in [3.05, 3.63) is 48.2 Å². The lowest BCUT2D eigenvalue weighted by molar-refractivity contribution is 0.657. The highest BCUT2D eigenvalue weighted by atomic mass is 15.3. The minimum atomic E-state index is 0.760. The van der Waals surface area contributed by atoms with Crippen LogP contribution in [-0.4, -0.2) is 19.3 Å². The smallest absolute Gasteiger partial charge is 0.146 e. The average molecular weight is 226 g/mol. The van der Waals surface area contributed by atoms with E-state index in [-0.39, 0.29) is 0 Å². The summed E-state index contributed by atoms with van der Waals surface area (Å²) in [6, 6.07) is 10.6. The number of hydrogen-bond acceptors (Lipinski definition) is 2. The minimum Gasteiger partial charge on any atom is -0.337 e. The molecule has 0 fully saturated rings. The van der Waals surface area contributed by atoms with Crippen LogP contribution in [0, 0.1) is 6.92 Å². The zero-order chi connectivity index (χ0) is 11.8. The Labute approximate surface area is 99.5 Å². The molecule has 0 bridgehead atoms. The van der Waals surface area contributed by atoms with Crippen molar-refractivity contribution >= 4 is 10.9 Å². The summed E-state index contributed by atoms with van der Waals surface area (Å²) in [6.45, 7) is 2.88. The number of fused-ring (bicyclic) bond motifs is 1. The monoisotopic (exact) mass is 226 g/mol. The van der Waals surface area contributed by atoms with Crippen LogP contribution in [0.5, 0.6) is 0 Å². The van der Waals surface area contributed by atoms with Gasteiger partial charge in [0.05, 0.1) is 6.54 Å². The third-order valence-electron chi connectivity index (χ3n) is 3.12. The third kappa shape index (κ3) is 1.62. The first-order valence-corrected chi connectivity index (χ1v) is 5.63. The van der Waals surface area contributed by atoms with Gasteiger partial charge in [-0.25, -0.2) is 4.98 Å². The van der Waals surface area contributed by atoms with Crippen molar-refractivity contribution in [3.8, 4) is 0 Å². The summed E-state index contributed by atoms with van der Waals surface area (Å²) in [7, 11) is 1.92. The van der Waals surface area contributed by atoms with Crippen LogP contribution in [0.2, 0.25) is 0 Å². The fourth-order valence-electron chi connectivity index (χ4n) is 2.16. The normalized spacial score (nSPS) is 11.2. The molecule has 1 aromatic carbocycles. The zero-order valence-electron chi connectivity index (χ0n) is 9.96. The van der Waals surface area contributed by atoms with Crippen molar-refractivity contribution in [2.45, 2.75) is 13.5 Å². The van der Waals surface area contributed by atoms with Gasteiger partial charge < -0.3 is 4.57 Å². The summed E-state index contributed by atoms with van der Waals surface area (Å²) in [5.41, 5.74) is 2.49. The molecule has 4 nitrogen and oxygen atoms in total. The second kappa shape index (κ2) is 3.73. The van der Waals surface area contributed by atoms with Crippen LogP contribution in [0.25, 0.3) is 10.9 Å². The first-order chi connectivity index (χ1) is 8.25. The van der Waals surface area contributed by atoms with Gasteiger partial charge in [-0.1, -0.05) is 18.2 Å². The van der Waals surface area contributed by atoms with E-state index in [1.54, 1.807) is 6.33 Å². The first kappa shape index (κ1) is 10.1. The molecule has 0 saturated carbocycles. The number of nitrogens with zero attached hydrogens (tertiary/aromatic N) is 4. The van der Waals surface area contributed by atoms with Gasteiger partial charge in [0.1, 0.15) is 12.2 Å². The molecular formula is C13H14N4. The van der Waals surface area contributed by atoms with Gasteiger partial charge in [0.25, 0.3) is 0 Å². The zero-order valence-corrected chi connectivity index (χ0v) is 9.96. The van der Waals surface area contributed by atoms with Gasteiger partial charge in [0.15, 0.2) is 0 Å². The van der Waals surface area contributed by atoms with E-state index >= 15 is 0 Å². The molecule has 2 heterocycles. The van der Waals surface area contributed by atoms with Gasteiger partial charge in [-0.2, -0.15) is 5.10 Å². The van der Waals surface area contributed by atoms with Gasteiger partial charge in [-0.05, 0) is 24.4 Å². The molecule has 0 saturated heterocycles. The van der Waals surface area contributed by atoms with Crippen molar-refractivity contribution in [2.24, 2.45) is 7.05 Å². The van der Waals surface area contributed by atoms with Gasteiger partial charge >= 0.3 is 0 Å². The molecule has 0 atom stereocenters. The second-order valence-electron chi connectivity index (χ2n) is 4.23. The fraction of sp³-hybridized carbons (Fsp3) is 0.231. The summed E-state index contributed by atoms with van der Waals surface area (Å²) in [5.74, 6) is 0.967. The summed E-state index contributed by atoms with van der Waals surface area (Å²) >= 11 is 0. The van der Waals surface area contributed by atoms with E-state index in [2.05, 4.69) is 51.9 Å². The fourth-order valence-corrected chi connectivity index (χ4v) is 2.16. The Morgan fingerprint density at radius 3 is 2.82 bits per heavy atom. The molecule has 4 heteroatoms. The highest BCUT2D eigenvalue weighted by Gasteiger charge is 2.08. The second-order valence-corrected chi connectivity index (χ2v) is 4.23. The molecule has 0 unspecified atom stereocenters. The van der Waals surface area contributed by atoms with Crippen molar-refractivity contribution < 1.29 is 0 Å². The van der Waals surface area contributed by atoms with Crippen molar-refractivity contribution in [1.82, 2.24) is 19.3 Å². The number of benzene rings is 1. The number of para-hydroxylation sites is 1. The summed E-state index contributed by atoms with van der Waals surface area (Å²) < 4.78 is 4.08. The molecule has 0 aliphatic carbocycles. The van der Waals surface area contributed by atoms with E-state index in [0.717, 1.165) is 12.4 Å². The molecule has 0 amide bonds. The van der Waals surface area contributed by atoms with E-state index in [1.807, 2.05) is 11.7 Å². The van der Waals surface area contributed by atoms with E-state index in [9.17, 15) is 0 Å². The van der Waals surface area contributed by atoms with E-state index < -0.39 is 0 Å². The molecule has 86 valence electrons. The Kier molecular flexibility index (Phi) is 2.21. The summed E-state index contributed by atoms with van der Waals surface area (Å²) in [4.78, 5) is 4.27. The van der Waals surface area contributed by atoms with Crippen LogP contribution in [0.15, 0.2) is 36.7 Å². The van der Waals surface area contributed by atoms with Crippen molar-refractivity contribution in [3.63, 3.8) is 0 Å². The van der Waals surface area contributed by atoms with Crippen LogP contribution in [0.4, 0.5) is 0 Å². The lowest BCUT2D eigenvalue weighted by atomic mass is 10.2. The standard InChI is InChI=1S/C13H14N4/c1-10-7-11-5-3-4-6-12(11)17(10)8-13-14-9-15-16(13)2/h3-7,9H,8H2,1-2H3. The van der Waals surface area contributed by atoms with E-state index in [1.165, 1.54) is 16.6 Å². The largest absolute Gasteiger partial charge is 0.337 e. The van der Waals surface area contributed by atoms with Gasteiger partial charge in [-0.3, -0.25) is 4.68 Å². The number of aryl methyl sites for hydroxylation is 2. The van der Waals surface area contributed by atoms with E-state index in [4.69, 9.17) is 0 Å². The maximum atomic E-state index is 4.27. The maximum absolute atomic E-state index is 4.27. The SMILES string of the molecule is Cc1cc2ccccc2n1Cc1ncnn1C. The Hall–Kier alpha value is -2.10. The maximum Gasteiger partial charge on any atom is 0.146 e.